The topological polar surface area (TPSA) is 80.7 Å². The molecule has 0 fully saturated rings. The summed E-state index contributed by atoms with van der Waals surface area (Å²) in [5, 5.41) is 6.77. The van der Waals surface area contributed by atoms with Gasteiger partial charge in [-0.05, 0) is 23.7 Å². The van der Waals surface area contributed by atoms with E-state index in [9.17, 15) is 4.79 Å². The second-order valence-corrected chi connectivity index (χ2v) is 9.67. The Morgan fingerprint density at radius 3 is 2.66 bits per heavy atom. The van der Waals surface area contributed by atoms with Crippen LogP contribution in [0.4, 0.5) is 5.13 Å². The Morgan fingerprint density at radius 2 is 1.84 bits per heavy atom. The molecule has 3 heterocycles. The van der Waals surface area contributed by atoms with Gasteiger partial charge in [0.2, 0.25) is 5.91 Å². The van der Waals surface area contributed by atoms with Gasteiger partial charge in [0.25, 0.3) is 0 Å². The smallest absolute Gasteiger partial charge is 0.236 e. The molecule has 0 spiro atoms. The van der Waals surface area contributed by atoms with Crippen molar-refractivity contribution in [2.24, 2.45) is 0 Å². The zero-order valence-electron chi connectivity index (χ0n) is 16.4. The summed E-state index contributed by atoms with van der Waals surface area (Å²) < 4.78 is 5.41. The molecule has 0 saturated heterocycles. The lowest BCUT2D eigenvalue weighted by Gasteiger charge is -2.03. The summed E-state index contributed by atoms with van der Waals surface area (Å²) in [6.45, 7) is 0. The number of halogens is 1. The van der Waals surface area contributed by atoms with Gasteiger partial charge in [-0.2, -0.15) is 4.37 Å². The Labute approximate surface area is 200 Å². The van der Waals surface area contributed by atoms with Crippen LogP contribution in [0.5, 0.6) is 0 Å². The summed E-state index contributed by atoms with van der Waals surface area (Å²) in [5.74, 6) is 0.0683. The Kier molecular flexibility index (Phi) is 6.13. The fourth-order valence-corrected chi connectivity index (χ4v) is 5.59. The molecule has 1 N–H and O–H groups in total. The Morgan fingerprint density at radius 1 is 1.03 bits per heavy atom. The number of aromatic nitrogens is 4. The Balaban J connectivity index is 1.28. The molecule has 0 aliphatic rings. The maximum atomic E-state index is 12.5. The second kappa shape index (κ2) is 9.33. The summed E-state index contributed by atoms with van der Waals surface area (Å²) >= 11 is 10.1. The molecule has 32 heavy (non-hydrogen) atoms. The first-order valence-corrected chi connectivity index (χ1v) is 12.5. The van der Waals surface area contributed by atoms with Crippen LogP contribution < -0.4 is 5.32 Å². The van der Waals surface area contributed by atoms with Gasteiger partial charge in [0, 0.05) is 21.5 Å². The first kappa shape index (κ1) is 21.0. The van der Waals surface area contributed by atoms with E-state index in [1.165, 1.54) is 41.0 Å². The third-order valence-electron chi connectivity index (χ3n) is 4.50. The van der Waals surface area contributed by atoms with Gasteiger partial charge in [0.05, 0.1) is 11.4 Å². The molecular weight excluding hydrogens is 482 g/mol. The van der Waals surface area contributed by atoms with Crippen molar-refractivity contribution in [1.29, 1.82) is 0 Å². The normalized spacial score (nSPS) is 11.0. The lowest BCUT2D eigenvalue weighted by atomic mass is 10.1. The number of carbonyl (C=O) groups is 1. The highest BCUT2D eigenvalue weighted by Crippen LogP contribution is 2.34. The van der Waals surface area contributed by atoms with Crippen molar-refractivity contribution in [3.8, 4) is 22.5 Å². The van der Waals surface area contributed by atoms with Gasteiger partial charge in [0.15, 0.2) is 5.13 Å². The predicted molar refractivity (Wildman–Crippen MR) is 133 cm³/mol. The van der Waals surface area contributed by atoms with Crippen LogP contribution >= 0.6 is 46.2 Å². The second-order valence-electron chi connectivity index (χ2n) is 6.64. The minimum atomic E-state index is -0.141. The van der Waals surface area contributed by atoms with Crippen LogP contribution in [0, 0.1) is 0 Å². The molecule has 10 heteroatoms. The van der Waals surface area contributed by atoms with Gasteiger partial charge >= 0.3 is 0 Å². The zero-order chi connectivity index (χ0) is 21.9. The van der Waals surface area contributed by atoms with Gasteiger partial charge in [-0.1, -0.05) is 65.8 Å². The molecule has 0 radical (unpaired) electrons. The van der Waals surface area contributed by atoms with Crippen LogP contribution in [0.2, 0.25) is 5.02 Å². The minimum absolute atomic E-state index is 0.141. The number of nitrogens with zero attached hydrogens (tertiary/aromatic N) is 4. The van der Waals surface area contributed by atoms with E-state index in [0.29, 0.717) is 10.2 Å². The monoisotopic (exact) mass is 495 g/mol. The van der Waals surface area contributed by atoms with Crippen LogP contribution in [0.25, 0.3) is 32.7 Å². The number of rotatable bonds is 6. The van der Waals surface area contributed by atoms with Gasteiger partial charge < -0.3 is 5.32 Å². The molecular formula is C22H14ClN5OS3. The SMILES string of the molecule is O=C(CSc1ncnc2c(-c3ccc(Cl)cc3)nsc12)Nc1nc(-c2ccccc2)cs1. The van der Waals surface area contributed by atoms with E-state index in [2.05, 4.69) is 24.6 Å². The van der Waals surface area contributed by atoms with E-state index in [1.807, 2.05) is 60.0 Å². The third-order valence-corrected chi connectivity index (χ3v) is 7.47. The van der Waals surface area contributed by atoms with Crippen molar-refractivity contribution in [3.05, 3.63) is 71.3 Å². The Hall–Kier alpha value is -2.85. The van der Waals surface area contributed by atoms with Crippen molar-refractivity contribution < 1.29 is 4.79 Å². The molecule has 5 aromatic rings. The quantitative estimate of drug-likeness (QED) is 0.221. The average Bonchev–Trinajstić information content (AvgIpc) is 3.46. The van der Waals surface area contributed by atoms with Crippen LogP contribution in [0.15, 0.2) is 71.3 Å². The molecule has 1 amide bonds. The van der Waals surface area contributed by atoms with Crippen molar-refractivity contribution >= 4 is 67.5 Å². The molecule has 6 nitrogen and oxygen atoms in total. The molecule has 0 aliphatic carbocycles. The van der Waals surface area contributed by atoms with Gasteiger partial charge in [-0.15, -0.1) is 11.3 Å². The van der Waals surface area contributed by atoms with E-state index in [0.717, 1.165) is 37.8 Å². The van der Waals surface area contributed by atoms with E-state index < -0.39 is 0 Å². The molecule has 0 aliphatic heterocycles. The summed E-state index contributed by atoms with van der Waals surface area (Å²) in [6.07, 6.45) is 1.50. The lowest BCUT2D eigenvalue weighted by Crippen LogP contribution is -2.13. The lowest BCUT2D eigenvalue weighted by molar-refractivity contribution is -0.113. The third kappa shape index (κ3) is 4.51. The molecule has 5 rings (SSSR count). The predicted octanol–water partition coefficient (Wildman–Crippen LogP) is 6.26. The summed E-state index contributed by atoms with van der Waals surface area (Å²) in [5.41, 5.74) is 4.35. The van der Waals surface area contributed by atoms with E-state index in [1.54, 1.807) is 0 Å². The minimum Gasteiger partial charge on any atom is -0.301 e. The molecule has 3 aromatic heterocycles. The van der Waals surface area contributed by atoms with Crippen molar-refractivity contribution in [2.75, 3.05) is 11.1 Å². The largest absolute Gasteiger partial charge is 0.301 e. The highest BCUT2D eigenvalue weighted by atomic mass is 35.5. The fourth-order valence-electron chi connectivity index (χ4n) is 3.00. The van der Waals surface area contributed by atoms with Crippen LogP contribution in [-0.4, -0.2) is 31.0 Å². The summed E-state index contributed by atoms with van der Waals surface area (Å²) in [4.78, 5) is 25.8. The highest BCUT2D eigenvalue weighted by molar-refractivity contribution is 8.00. The molecule has 0 saturated carbocycles. The highest BCUT2D eigenvalue weighted by Gasteiger charge is 2.16. The zero-order valence-corrected chi connectivity index (χ0v) is 19.6. The molecule has 0 bridgehead atoms. The maximum absolute atomic E-state index is 12.5. The van der Waals surface area contributed by atoms with Crippen molar-refractivity contribution in [3.63, 3.8) is 0 Å². The van der Waals surface area contributed by atoms with Crippen LogP contribution in [0.1, 0.15) is 0 Å². The average molecular weight is 496 g/mol. The number of benzene rings is 2. The molecule has 2 aromatic carbocycles. The van der Waals surface area contributed by atoms with Gasteiger partial charge in [0.1, 0.15) is 27.3 Å². The number of thioether (sulfide) groups is 1. The fraction of sp³-hybridized carbons (Fsp3) is 0.0455. The number of thiazole rings is 1. The number of anilines is 1. The first-order chi connectivity index (χ1) is 15.7. The number of carbonyl (C=O) groups excluding carboxylic acids is 1. The van der Waals surface area contributed by atoms with Crippen LogP contribution in [-0.2, 0) is 4.79 Å². The van der Waals surface area contributed by atoms with E-state index in [4.69, 9.17) is 11.6 Å². The van der Waals surface area contributed by atoms with Crippen molar-refractivity contribution in [2.45, 2.75) is 5.03 Å². The summed E-state index contributed by atoms with van der Waals surface area (Å²) in [6, 6.07) is 17.3. The first-order valence-electron chi connectivity index (χ1n) is 9.47. The van der Waals surface area contributed by atoms with E-state index in [-0.39, 0.29) is 11.7 Å². The van der Waals surface area contributed by atoms with Gasteiger partial charge in [-0.25, -0.2) is 15.0 Å². The number of hydrogen-bond donors (Lipinski definition) is 1. The molecule has 0 unspecified atom stereocenters. The van der Waals surface area contributed by atoms with Crippen LogP contribution in [0.3, 0.4) is 0 Å². The number of amides is 1. The van der Waals surface area contributed by atoms with Crippen molar-refractivity contribution in [1.82, 2.24) is 19.3 Å². The number of hydrogen-bond acceptors (Lipinski definition) is 8. The Bertz CT molecular complexity index is 1390. The number of nitrogens with one attached hydrogen (secondary N) is 1. The molecule has 158 valence electrons. The maximum Gasteiger partial charge on any atom is 0.236 e. The van der Waals surface area contributed by atoms with E-state index >= 15 is 0 Å². The molecule has 0 atom stereocenters. The summed E-state index contributed by atoms with van der Waals surface area (Å²) in [7, 11) is 0. The standard InChI is InChI=1S/C22H14ClN5OS3/c23-15-8-6-14(7-9-15)18-19-20(32-28-18)21(25-12-24-19)30-11-17(29)27-22-26-16(10-31-22)13-4-2-1-3-5-13/h1-10,12H,11H2,(H,26,27,29). The van der Waals surface area contributed by atoms with Gasteiger partial charge in [-0.3, -0.25) is 4.79 Å². The number of fused-ring (bicyclic) bond motifs is 1.